The number of carbonyl (C=O) groups excluding carboxylic acids is 1. The van der Waals surface area contributed by atoms with E-state index in [1.54, 1.807) is 45.0 Å². The average Bonchev–Trinajstić information content (AvgIpc) is 3.04. The van der Waals surface area contributed by atoms with E-state index >= 15 is 0 Å². The predicted octanol–water partition coefficient (Wildman–Crippen LogP) is 5.13. The summed E-state index contributed by atoms with van der Waals surface area (Å²) in [6.07, 6.45) is 0. The number of H-pyrrole nitrogens is 1. The third-order valence-electron chi connectivity index (χ3n) is 5.22. The Balaban J connectivity index is 2.10. The van der Waals surface area contributed by atoms with E-state index in [2.05, 4.69) is 4.98 Å². The van der Waals surface area contributed by atoms with Crippen LogP contribution in [0.15, 0.2) is 47.4 Å². The van der Waals surface area contributed by atoms with Gasteiger partial charge in [0.05, 0.1) is 6.61 Å². The van der Waals surface area contributed by atoms with Gasteiger partial charge in [-0.05, 0) is 61.7 Å². The second-order valence-electron chi connectivity index (χ2n) is 7.39. The molecule has 0 saturated carbocycles. The van der Waals surface area contributed by atoms with E-state index in [1.807, 2.05) is 0 Å². The van der Waals surface area contributed by atoms with Crippen LogP contribution in [0.4, 0.5) is 8.78 Å². The van der Waals surface area contributed by atoms with Gasteiger partial charge in [-0.1, -0.05) is 29.8 Å². The highest BCUT2D eigenvalue weighted by atomic mass is 35.5. The highest BCUT2D eigenvalue weighted by Crippen LogP contribution is 2.29. The molecule has 1 aromatic heterocycles. The molecular weight excluding hydrogens is 474 g/mol. The lowest BCUT2D eigenvalue weighted by molar-refractivity contribution is 0.0519. The van der Waals surface area contributed by atoms with Crippen molar-refractivity contribution >= 4 is 27.6 Å². The fourth-order valence-corrected chi connectivity index (χ4v) is 5.12. The number of rotatable bonds is 8. The van der Waals surface area contributed by atoms with E-state index in [-0.39, 0.29) is 25.4 Å². The van der Waals surface area contributed by atoms with Crippen LogP contribution in [-0.4, -0.2) is 30.3 Å². The first-order valence-electron chi connectivity index (χ1n) is 10.1. The number of halogens is 3. The van der Waals surface area contributed by atoms with E-state index in [0.717, 1.165) is 16.4 Å². The van der Waals surface area contributed by atoms with Crippen LogP contribution in [0.25, 0.3) is 0 Å². The van der Waals surface area contributed by atoms with Gasteiger partial charge >= 0.3 is 5.97 Å². The first-order valence-corrected chi connectivity index (χ1v) is 11.9. The molecule has 3 rings (SSSR count). The van der Waals surface area contributed by atoms with Gasteiger partial charge in [-0.2, -0.15) is 4.31 Å². The maximum Gasteiger partial charge on any atom is 0.355 e. The SMILES string of the molecule is CCOC(=O)c1[nH]c(C)c(CN(Cc2ccccc2Cl)S(=O)(=O)c2cc(F)ccc2F)c1C. The summed E-state index contributed by atoms with van der Waals surface area (Å²) in [5, 5.41) is 0.326. The molecule has 0 aliphatic rings. The number of esters is 1. The molecule has 0 unspecified atom stereocenters. The van der Waals surface area contributed by atoms with Crippen LogP contribution in [0, 0.1) is 25.5 Å². The van der Waals surface area contributed by atoms with Crippen molar-refractivity contribution in [3.05, 3.63) is 87.2 Å². The van der Waals surface area contributed by atoms with Crippen molar-refractivity contribution in [1.82, 2.24) is 9.29 Å². The van der Waals surface area contributed by atoms with E-state index in [9.17, 15) is 22.0 Å². The van der Waals surface area contributed by atoms with Crippen molar-refractivity contribution in [1.29, 1.82) is 0 Å². The number of aromatic amines is 1. The third-order valence-corrected chi connectivity index (χ3v) is 7.40. The topological polar surface area (TPSA) is 79.5 Å². The van der Waals surface area contributed by atoms with Gasteiger partial charge in [0.2, 0.25) is 10.0 Å². The van der Waals surface area contributed by atoms with Gasteiger partial charge in [-0.3, -0.25) is 0 Å². The molecule has 1 heterocycles. The molecule has 0 spiro atoms. The van der Waals surface area contributed by atoms with Gasteiger partial charge in [0, 0.05) is 23.8 Å². The minimum Gasteiger partial charge on any atom is -0.461 e. The summed E-state index contributed by atoms with van der Waals surface area (Å²) < 4.78 is 61.3. The Kier molecular flexibility index (Phi) is 7.56. The highest BCUT2D eigenvalue weighted by Gasteiger charge is 2.31. The molecule has 0 aliphatic heterocycles. The fraction of sp³-hybridized carbons (Fsp3) is 0.261. The van der Waals surface area contributed by atoms with Crippen LogP contribution in [-0.2, 0) is 27.8 Å². The first-order chi connectivity index (χ1) is 15.6. The Bertz CT molecular complexity index is 1290. The molecule has 3 aromatic rings. The molecule has 10 heteroatoms. The Labute approximate surface area is 196 Å². The van der Waals surface area contributed by atoms with Gasteiger partial charge in [0.1, 0.15) is 22.2 Å². The number of hydrogen-bond donors (Lipinski definition) is 1. The van der Waals surface area contributed by atoms with Crippen LogP contribution in [0.5, 0.6) is 0 Å². The summed E-state index contributed by atoms with van der Waals surface area (Å²) >= 11 is 6.24. The predicted molar refractivity (Wildman–Crippen MR) is 120 cm³/mol. The monoisotopic (exact) mass is 496 g/mol. The standard InChI is InChI=1S/C23H23ClF2N2O4S/c1-4-32-23(29)22-14(2)18(15(3)27-22)13-28(12-16-7-5-6-8-19(16)24)33(30,31)21-11-17(25)9-10-20(21)26/h5-11,27H,4,12-13H2,1-3H3. The largest absolute Gasteiger partial charge is 0.461 e. The smallest absolute Gasteiger partial charge is 0.355 e. The summed E-state index contributed by atoms with van der Waals surface area (Å²) in [4.78, 5) is 14.4. The van der Waals surface area contributed by atoms with Crippen LogP contribution >= 0.6 is 11.6 Å². The van der Waals surface area contributed by atoms with Gasteiger partial charge < -0.3 is 9.72 Å². The molecule has 0 atom stereocenters. The molecule has 2 aromatic carbocycles. The van der Waals surface area contributed by atoms with Crippen molar-refractivity contribution in [2.75, 3.05) is 6.61 Å². The Morgan fingerprint density at radius 2 is 1.82 bits per heavy atom. The maximum atomic E-state index is 14.5. The zero-order valence-corrected chi connectivity index (χ0v) is 19.9. The maximum absolute atomic E-state index is 14.5. The van der Waals surface area contributed by atoms with Crippen LogP contribution in [0.2, 0.25) is 5.02 Å². The number of nitrogens with one attached hydrogen (secondary N) is 1. The van der Waals surface area contributed by atoms with E-state index in [0.29, 0.717) is 33.5 Å². The highest BCUT2D eigenvalue weighted by molar-refractivity contribution is 7.89. The fourth-order valence-electron chi connectivity index (χ4n) is 3.47. The minimum atomic E-state index is -4.49. The molecule has 0 radical (unpaired) electrons. The normalized spacial score (nSPS) is 11.7. The van der Waals surface area contributed by atoms with E-state index < -0.39 is 32.5 Å². The summed E-state index contributed by atoms with van der Waals surface area (Å²) in [6, 6.07) is 8.90. The van der Waals surface area contributed by atoms with Crippen molar-refractivity contribution in [2.45, 2.75) is 38.8 Å². The van der Waals surface area contributed by atoms with Gasteiger partial charge in [-0.15, -0.1) is 0 Å². The van der Waals surface area contributed by atoms with Gasteiger partial charge in [-0.25, -0.2) is 22.0 Å². The lowest BCUT2D eigenvalue weighted by Crippen LogP contribution is -2.31. The molecule has 0 amide bonds. The summed E-state index contributed by atoms with van der Waals surface area (Å²) in [5.74, 6) is -2.53. The number of aromatic nitrogens is 1. The van der Waals surface area contributed by atoms with Crippen molar-refractivity contribution in [3.8, 4) is 0 Å². The number of aryl methyl sites for hydroxylation is 1. The van der Waals surface area contributed by atoms with Gasteiger partial charge in [0.25, 0.3) is 0 Å². The van der Waals surface area contributed by atoms with E-state index in [1.165, 1.54) is 0 Å². The number of benzene rings is 2. The first kappa shape index (κ1) is 24.9. The molecule has 1 N–H and O–H groups in total. The molecule has 0 bridgehead atoms. The number of nitrogens with zero attached hydrogens (tertiary/aromatic N) is 1. The number of hydrogen-bond acceptors (Lipinski definition) is 4. The summed E-state index contributed by atoms with van der Waals surface area (Å²) in [5.41, 5.74) is 2.26. The molecule has 176 valence electrons. The van der Waals surface area contributed by atoms with E-state index in [4.69, 9.17) is 16.3 Å². The lowest BCUT2D eigenvalue weighted by atomic mass is 10.1. The quantitative estimate of drug-likeness (QED) is 0.438. The minimum absolute atomic E-state index is 0.178. The molecular formula is C23H23ClF2N2O4S. The summed E-state index contributed by atoms with van der Waals surface area (Å²) in [7, 11) is -4.49. The Morgan fingerprint density at radius 3 is 2.48 bits per heavy atom. The lowest BCUT2D eigenvalue weighted by Gasteiger charge is -2.24. The molecule has 6 nitrogen and oxygen atoms in total. The Morgan fingerprint density at radius 1 is 1.12 bits per heavy atom. The third kappa shape index (κ3) is 5.26. The number of ether oxygens (including phenoxy) is 1. The van der Waals surface area contributed by atoms with Crippen molar-refractivity contribution in [3.63, 3.8) is 0 Å². The zero-order chi connectivity index (χ0) is 24.3. The molecule has 0 aliphatic carbocycles. The molecule has 33 heavy (non-hydrogen) atoms. The second-order valence-corrected chi connectivity index (χ2v) is 9.70. The second kappa shape index (κ2) is 10.0. The number of carbonyl (C=O) groups is 1. The molecule has 0 saturated heterocycles. The average molecular weight is 497 g/mol. The van der Waals surface area contributed by atoms with Crippen LogP contribution < -0.4 is 0 Å². The van der Waals surface area contributed by atoms with Crippen LogP contribution in [0.1, 0.15) is 39.8 Å². The summed E-state index contributed by atoms with van der Waals surface area (Å²) in [6.45, 7) is 4.79. The van der Waals surface area contributed by atoms with Gasteiger partial charge in [0.15, 0.2) is 0 Å². The van der Waals surface area contributed by atoms with Crippen molar-refractivity contribution < 1.29 is 26.7 Å². The Hall–Kier alpha value is -2.75. The van der Waals surface area contributed by atoms with Crippen molar-refractivity contribution in [2.24, 2.45) is 0 Å². The number of sulfonamides is 1. The van der Waals surface area contributed by atoms with Crippen LogP contribution in [0.3, 0.4) is 0 Å². The zero-order valence-electron chi connectivity index (χ0n) is 18.3. The molecule has 0 fully saturated rings.